The summed E-state index contributed by atoms with van der Waals surface area (Å²) in [7, 11) is 0. The quantitative estimate of drug-likeness (QED) is 0.506. The number of carbonyl (C=O) groups excluding carboxylic acids is 2. The van der Waals surface area contributed by atoms with E-state index in [1.54, 1.807) is 0 Å². The fourth-order valence-corrected chi connectivity index (χ4v) is 4.66. The normalized spacial score (nSPS) is 20.4. The molecule has 0 radical (unpaired) electrons. The lowest BCUT2D eigenvalue weighted by molar-refractivity contribution is -0.163. The van der Waals surface area contributed by atoms with Gasteiger partial charge in [0, 0.05) is 41.0 Å². The molecule has 2 heterocycles. The van der Waals surface area contributed by atoms with Crippen LogP contribution in [0.4, 0.5) is 27.6 Å². The Morgan fingerprint density at radius 1 is 0.969 bits per heavy atom. The van der Waals surface area contributed by atoms with Gasteiger partial charge < -0.3 is 10.2 Å². The van der Waals surface area contributed by atoms with Gasteiger partial charge in [-0.25, -0.2) is 13.2 Å². The number of hydrogen-bond donors (Lipinski definition) is 1. The number of anilines is 1. The average molecular weight is 452 g/mol. The zero-order valence-corrected chi connectivity index (χ0v) is 17.2. The molecule has 0 saturated carbocycles. The first-order chi connectivity index (χ1) is 15.1. The molecule has 9 heteroatoms. The van der Waals surface area contributed by atoms with Gasteiger partial charge in [-0.2, -0.15) is 8.78 Å². The van der Waals surface area contributed by atoms with E-state index in [-0.39, 0.29) is 28.9 Å². The van der Waals surface area contributed by atoms with Crippen LogP contribution in [0.1, 0.15) is 53.6 Å². The van der Waals surface area contributed by atoms with Gasteiger partial charge in [-0.3, -0.25) is 9.59 Å². The Hall–Kier alpha value is -2.97. The second-order valence-electron chi connectivity index (χ2n) is 8.34. The molecule has 2 amide bonds. The molecule has 2 aliphatic heterocycles. The maximum Gasteiger partial charge on any atom is 0.350 e. The third-order valence-electron chi connectivity index (χ3n) is 6.28. The van der Waals surface area contributed by atoms with Crippen LogP contribution in [0.2, 0.25) is 0 Å². The van der Waals surface area contributed by atoms with Crippen LogP contribution in [0, 0.1) is 24.4 Å². The molecule has 32 heavy (non-hydrogen) atoms. The van der Waals surface area contributed by atoms with Crippen molar-refractivity contribution in [3.8, 4) is 0 Å². The first kappa shape index (κ1) is 22.2. The summed E-state index contributed by atoms with van der Waals surface area (Å²) in [5, 5.41) is 2.16. The highest BCUT2D eigenvalue weighted by atomic mass is 19.3. The van der Waals surface area contributed by atoms with E-state index >= 15 is 8.78 Å². The lowest BCUT2D eigenvalue weighted by Gasteiger charge is -2.37. The van der Waals surface area contributed by atoms with Crippen molar-refractivity contribution in [1.82, 2.24) is 4.90 Å². The highest BCUT2D eigenvalue weighted by Crippen LogP contribution is 2.41. The van der Waals surface area contributed by atoms with Crippen molar-refractivity contribution in [3.63, 3.8) is 0 Å². The molecule has 4 nitrogen and oxygen atoms in total. The molecule has 4 rings (SSSR count). The molecule has 0 spiro atoms. The third-order valence-corrected chi connectivity index (χ3v) is 6.28. The monoisotopic (exact) mass is 452 g/mol. The molecule has 0 aromatic heterocycles. The number of fused-ring (bicyclic) bond motifs is 2. The van der Waals surface area contributed by atoms with E-state index in [1.807, 2.05) is 0 Å². The first-order valence-electron chi connectivity index (χ1n) is 10.4. The predicted octanol–water partition coefficient (Wildman–Crippen LogP) is 5.30. The molecular weight excluding hydrogens is 431 g/mol. The standard InChI is InChI=1S/C23H21F5N2O2/c1-12-5-6-13(21(31)29-14-10-18(24)20(26)19(25)11-14)9-17(12)23(27,28)22(32)30-15-3-2-4-16(30)8-7-15/h5-6,9-11,15-16H,2-4,7-8H2,1H3,(H,29,31). The second-order valence-corrected chi connectivity index (χ2v) is 8.34. The van der Waals surface area contributed by atoms with E-state index in [1.165, 1.54) is 24.0 Å². The molecule has 2 aromatic carbocycles. The van der Waals surface area contributed by atoms with Crippen LogP contribution in [-0.4, -0.2) is 28.8 Å². The minimum Gasteiger partial charge on any atom is -0.331 e. The van der Waals surface area contributed by atoms with Crippen molar-refractivity contribution in [2.75, 3.05) is 5.32 Å². The number of amides is 2. The highest BCUT2D eigenvalue weighted by molar-refractivity contribution is 6.04. The number of piperidine rings is 1. The molecule has 1 N–H and O–H groups in total. The fraction of sp³-hybridized carbons (Fsp3) is 0.391. The third kappa shape index (κ3) is 3.84. The van der Waals surface area contributed by atoms with Gasteiger partial charge in [-0.1, -0.05) is 6.07 Å². The number of nitrogens with zero attached hydrogens (tertiary/aromatic N) is 1. The van der Waals surface area contributed by atoms with Gasteiger partial charge in [0.2, 0.25) is 0 Å². The van der Waals surface area contributed by atoms with Crippen molar-refractivity contribution in [1.29, 1.82) is 0 Å². The number of nitrogens with one attached hydrogen (secondary N) is 1. The SMILES string of the molecule is Cc1ccc(C(=O)Nc2cc(F)c(F)c(F)c2)cc1C(F)(F)C(=O)N1C2CCCC1CC2. The fourth-order valence-electron chi connectivity index (χ4n) is 4.66. The van der Waals surface area contributed by atoms with Crippen LogP contribution in [0.3, 0.4) is 0 Å². The molecule has 2 aromatic rings. The molecular formula is C23H21F5N2O2. The Balaban J connectivity index is 1.60. The molecule has 170 valence electrons. The van der Waals surface area contributed by atoms with Gasteiger partial charge >= 0.3 is 5.92 Å². The molecule has 0 aliphatic carbocycles. The van der Waals surface area contributed by atoms with Gasteiger partial charge in [-0.15, -0.1) is 0 Å². The molecule has 2 atom stereocenters. The largest absolute Gasteiger partial charge is 0.350 e. The van der Waals surface area contributed by atoms with Crippen LogP contribution >= 0.6 is 0 Å². The Morgan fingerprint density at radius 3 is 2.16 bits per heavy atom. The number of hydrogen-bond acceptors (Lipinski definition) is 2. The number of halogens is 5. The summed E-state index contributed by atoms with van der Waals surface area (Å²) in [4.78, 5) is 26.7. The average Bonchev–Trinajstić information content (AvgIpc) is 2.99. The van der Waals surface area contributed by atoms with Crippen molar-refractivity contribution in [2.24, 2.45) is 0 Å². The summed E-state index contributed by atoms with van der Waals surface area (Å²) in [5.74, 6) is -10.7. The van der Waals surface area contributed by atoms with Gasteiger partial charge in [-0.05, 0) is 56.7 Å². The zero-order valence-electron chi connectivity index (χ0n) is 17.2. The summed E-state index contributed by atoms with van der Waals surface area (Å²) in [6.07, 6.45) is 3.72. The predicted molar refractivity (Wildman–Crippen MR) is 107 cm³/mol. The van der Waals surface area contributed by atoms with Gasteiger partial charge in [0.05, 0.1) is 0 Å². The van der Waals surface area contributed by atoms with E-state index in [0.717, 1.165) is 12.5 Å². The Kier molecular flexibility index (Phi) is 5.68. The minimum atomic E-state index is -3.84. The van der Waals surface area contributed by atoms with Crippen molar-refractivity contribution < 1.29 is 31.5 Å². The van der Waals surface area contributed by atoms with Crippen LogP contribution < -0.4 is 5.32 Å². The lowest BCUT2D eigenvalue weighted by atomic mass is 9.96. The number of benzene rings is 2. The van der Waals surface area contributed by atoms with Crippen LogP contribution in [0.25, 0.3) is 0 Å². The summed E-state index contributed by atoms with van der Waals surface area (Å²) in [6.45, 7) is 1.41. The van der Waals surface area contributed by atoms with Crippen LogP contribution in [0.15, 0.2) is 30.3 Å². The zero-order chi connectivity index (χ0) is 23.2. The van der Waals surface area contributed by atoms with Crippen molar-refractivity contribution >= 4 is 17.5 Å². The first-order valence-corrected chi connectivity index (χ1v) is 10.4. The number of carbonyl (C=O) groups is 2. The van der Waals surface area contributed by atoms with E-state index < -0.39 is 40.8 Å². The van der Waals surface area contributed by atoms with Crippen LogP contribution in [0.5, 0.6) is 0 Å². The van der Waals surface area contributed by atoms with Crippen molar-refractivity contribution in [2.45, 2.75) is 57.0 Å². The van der Waals surface area contributed by atoms with Gasteiger partial charge in [0.1, 0.15) is 0 Å². The maximum atomic E-state index is 15.3. The van der Waals surface area contributed by atoms with Gasteiger partial charge in [0.25, 0.3) is 11.8 Å². The van der Waals surface area contributed by atoms with E-state index in [0.29, 0.717) is 37.8 Å². The van der Waals surface area contributed by atoms with E-state index in [4.69, 9.17) is 0 Å². The van der Waals surface area contributed by atoms with Crippen molar-refractivity contribution in [3.05, 3.63) is 64.5 Å². The number of alkyl halides is 2. The Bertz CT molecular complexity index is 1050. The summed E-state index contributed by atoms with van der Waals surface area (Å²) >= 11 is 0. The van der Waals surface area contributed by atoms with E-state index in [9.17, 15) is 22.8 Å². The summed E-state index contributed by atoms with van der Waals surface area (Å²) in [5.41, 5.74) is -1.08. The molecule has 2 aliphatic rings. The van der Waals surface area contributed by atoms with E-state index in [2.05, 4.69) is 5.32 Å². The highest BCUT2D eigenvalue weighted by Gasteiger charge is 2.51. The Morgan fingerprint density at radius 2 is 1.56 bits per heavy atom. The molecule has 2 fully saturated rings. The topological polar surface area (TPSA) is 49.4 Å². The maximum absolute atomic E-state index is 15.3. The smallest absolute Gasteiger partial charge is 0.331 e. The second kappa shape index (κ2) is 8.18. The number of rotatable bonds is 4. The van der Waals surface area contributed by atoms with Crippen LogP contribution in [-0.2, 0) is 10.7 Å². The molecule has 2 bridgehead atoms. The molecule has 2 unspecified atom stereocenters. The summed E-state index contributed by atoms with van der Waals surface area (Å²) in [6, 6.07) is 4.22. The molecule has 2 saturated heterocycles. The lowest BCUT2D eigenvalue weighted by Crippen LogP contribution is -2.50. The van der Waals surface area contributed by atoms with Gasteiger partial charge in [0.15, 0.2) is 17.5 Å². The number of aryl methyl sites for hydroxylation is 1. The minimum absolute atomic E-state index is 0.128. The Labute approximate surface area is 181 Å². The summed E-state index contributed by atoms with van der Waals surface area (Å²) < 4.78 is 70.5.